The predicted molar refractivity (Wildman–Crippen MR) is 78.2 cm³/mol. The normalized spacial score (nSPS) is 12.9. The zero-order valence-electron chi connectivity index (χ0n) is 11.3. The molecule has 1 unspecified atom stereocenters. The van der Waals surface area contributed by atoms with Gasteiger partial charge in [0.15, 0.2) is 0 Å². The van der Waals surface area contributed by atoms with Crippen molar-refractivity contribution in [3.63, 3.8) is 0 Å². The summed E-state index contributed by atoms with van der Waals surface area (Å²) in [5, 5.41) is 0. The van der Waals surface area contributed by atoms with Crippen LogP contribution in [0.15, 0.2) is 0 Å². The molecule has 0 saturated heterocycles. The van der Waals surface area contributed by atoms with Crippen molar-refractivity contribution in [2.45, 2.75) is 65.2 Å². The van der Waals surface area contributed by atoms with Crippen LogP contribution in [-0.2, 0) is 0 Å². The largest absolute Gasteiger partial charge is 0.330 e. The molecule has 2 N–H and O–H groups in total. The average molecular weight is 245 g/mol. The highest BCUT2D eigenvalue weighted by atomic mass is 32.2. The van der Waals surface area contributed by atoms with Gasteiger partial charge in [0, 0.05) is 0 Å². The van der Waals surface area contributed by atoms with Gasteiger partial charge in [-0.15, -0.1) is 0 Å². The molecule has 0 aromatic rings. The second-order valence-corrected chi connectivity index (χ2v) is 6.04. The first-order chi connectivity index (χ1) is 7.81. The number of hydrogen-bond acceptors (Lipinski definition) is 2. The van der Waals surface area contributed by atoms with Crippen LogP contribution in [0.4, 0.5) is 0 Å². The van der Waals surface area contributed by atoms with Crippen molar-refractivity contribution in [3.8, 4) is 0 Å². The first-order valence-electron chi connectivity index (χ1n) is 7.09. The van der Waals surface area contributed by atoms with Gasteiger partial charge in [0.05, 0.1) is 0 Å². The first kappa shape index (κ1) is 16.3. The Labute approximate surface area is 107 Å². The highest BCUT2D eigenvalue weighted by molar-refractivity contribution is 7.99. The second-order valence-electron chi connectivity index (χ2n) is 4.89. The van der Waals surface area contributed by atoms with Crippen molar-refractivity contribution in [1.82, 2.24) is 0 Å². The Morgan fingerprint density at radius 3 is 2.06 bits per heavy atom. The summed E-state index contributed by atoms with van der Waals surface area (Å²) in [6.07, 6.45) is 11.4. The molecule has 98 valence electrons. The highest BCUT2D eigenvalue weighted by Crippen LogP contribution is 2.13. The molecular formula is C14H31NS. The summed E-state index contributed by atoms with van der Waals surface area (Å²) in [7, 11) is 0. The zero-order chi connectivity index (χ0) is 12.1. The van der Waals surface area contributed by atoms with Gasteiger partial charge in [-0.1, -0.05) is 58.8 Å². The third-order valence-electron chi connectivity index (χ3n) is 2.95. The van der Waals surface area contributed by atoms with Crippen LogP contribution in [0, 0.1) is 5.92 Å². The Kier molecular flexibility index (Phi) is 13.6. The standard InChI is InChI=1S/C14H31NS/c1-3-4-5-6-7-8-9-10-11-16-13-14(2)12-15/h14H,3-13,15H2,1-2H3. The van der Waals surface area contributed by atoms with Crippen LogP contribution in [-0.4, -0.2) is 18.1 Å². The molecule has 0 fully saturated rings. The molecule has 0 aromatic heterocycles. The molecular weight excluding hydrogens is 214 g/mol. The molecule has 0 heterocycles. The fourth-order valence-electron chi connectivity index (χ4n) is 1.69. The zero-order valence-corrected chi connectivity index (χ0v) is 12.2. The minimum Gasteiger partial charge on any atom is -0.330 e. The Hall–Kier alpha value is 0.310. The number of hydrogen-bond donors (Lipinski definition) is 1. The Balaban J connectivity index is 2.93. The summed E-state index contributed by atoms with van der Waals surface area (Å²) in [6, 6.07) is 0. The van der Waals surface area contributed by atoms with E-state index in [2.05, 4.69) is 25.6 Å². The molecule has 1 nitrogen and oxygen atoms in total. The van der Waals surface area contributed by atoms with Gasteiger partial charge in [0.2, 0.25) is 0 Å². The fourth-order valence-corrected chi connectivity index (χ4v) is 2.80. The van der Waals surface area contributed by atoms with Gasteiger partial charge in [0.25, 0.3) is 0 Å². The number of thioether (sulfide) groups is 1. The Morgan fingerprint density at radius 2 is 1.50 bits per heavy atom. The minimum atomic E-state index is 0.694. The van der Waals surface area contributed by atoms with Gasteiger partial charge in [-0.3, -0.25) is 0 Å². The van der Waals surface area contributed by atoms with Crippen molar-refractivity contribution in [3.05, 3.63) is 0 Å². The lowest BCUT2D eigenvalue weighted by Crippen LogP contribution is -2.12. The monoisotopic (exact) mass is 245 g/mol. The lowest BCUT2D eigenvalue weighted by molar-refractivity contribution is 0.586. The Morgan fingerprint density at radius 1 is 0.938 bits per heavy atom. The van der Waals surface area contributed by atoms with Crippen LogP contribution in [0.3, 0.4) is 0 Å². The van der Waals surface area contributed by atoms with E-state index >= 15 is 0 Å². The molecule has 0 aromatic carbocycles. The molecule has 16 heavy (non-hydrogen) atoms. The molecule has 0 bridgehead atoms. The number of nitrogens with two attached hydrogens (primary N) is 1. The summed E-state index contributed by atoms with van der Waals surface area (Å²) in [6.45, 7) is 5.35. The first-order valence-corrected chi connectivity index (χ1v) is 8.24. The van der Waals surface area contributed by atoms with Crippen LogP contribution >= 0.6 is 11.8 Å². The van der Waals surface area contributed by atoms with E-state index in [4.69, 9.17) is 5.73 Å². The van der Waals surface area contributed by atoms with Crippen LogP contribution in [0.1, 0.15) is 65.2 Å². The van der Waals surface area contributed by atoms with Gasteiger partial charge >= 0.3 is 0 Å². The Bertz CT molecular complexity index is 128. The summed E-state index contributed by atoms with van der Waals surface area (Å²) >= 11 is 2.08. The second kappa shape index (κ2) is 13.4. The van der Waals surface area contributed by atoms with Crippen LogP contribution in [0.2, 0.25) is 0 Å². The van der Waals surface area contributed by atoms with Crippen molar-refractivity contribution in [1.29, 1.82) is 0 Å². The SMILES string of the molecule is CCCCCCCCCCSCC(C)CN. The maximum Gasteiger partial charge on any atom is -0.00297 e. The lowest BCUT2D eigenvalue weighted by atomic mass is 10.1. The maximum absolute atomic E-state index is 5.58. The van der Waals surface area contributed by atoms with Crippen LogP contribution < -0.4 is 5.73 Å². The third-order valence-corrected chi connectivity index (χ3v) is 4.33. The van der Waals surface area contributed by atoms with Crippen LogP contribution in [0.25, 0.3) is 0 Å². The molecule has 0 aliphatic carbocycles. The van der Waals surface area contributed by atoms with Crippen molar-refractivity contribution >= 4 is 11.8 Å². The fraction of sp³-hybridized carbons (Fsp3) is 1.00. The van der Waals surface area contributed by atoms with E-state index in [1.54, 1.807) is 0 Å². The summed E-state index contributed by atoms with van der Waals surface area (Å²) in [5.41, 5.74) is 5.58. The van der Waals surface area contributed by atoms with E-state index in [9.17, 15) is 0 Å². The van der Waals surface area contributed by atoms with Crippen LogP contribution in [0.5, 0.6) is 0 Å². The third kappa shape index (κ3) is 12.4. The van der Waals surface area contributed by atoms with Gasteiger partial charge in [0.1, 0.15) is 0 Å². The van der Waals surface area contributed by atoms with E-state index in [0.29, 0.717) is 5.92 Å². The van der Waals surface area contributed by atoms with Gasteiger partial charge < -0.3 is 5.73 Å². The molecule has 0 rings (SSSR count). The van der Waals surface area contributed by atoms with E-state index in [0.717, 1.165) is 6.54 Å². The maximum atomic E-state index is 5.58. The van der Waals surface area contributed by atoms with Crippen molar-refractivity contribution in [2.24, 2.45) is 11.7 Å². The average Bonchev–Trinajstić information content (AvgIpc) is 2.31. The molecule has 0 saturated carbocycles. The van der Waals surface area contributed by atoms with Gasteiger partial charge in [-0.25, -0.2) is 0 Å². The summed E-state index contributed by atoms with van der Waals surface area (Å²) in [4.78, 5) is 0. The molecule has 0 aliphatic heterocycles. The molecule has 0 spiro atoms. The molecule has 1 atom stereocenters. The summed E-state index contributed by atoms with van der Waals surface area (Å²) in [5.74, 6) is 3.27. The van der Waals surface area contributed by atoms with Gasteiger partial charge in [-0.05, 0) is 30.4 Å². The lowest BCUT2D eigenvalue weighted by Gasteiger charge is -2.07. The van der Waals surface area contributed by atoms with E-state index in [-0.39, 0.29) is 0 Å². The number of rotatable bonds is 12. The molecule has 0 radical (unpaired) electrons. The van der Waals surface area contributed by atoms with E-state index in [1.807, 2.05) is 0 Å². The summed E-state index contributed by atoms with van der Waals surface area (Å²) < 4.78 is 0. The van der Waals surface area contributed by atoms with Crippen molar-refractivity contribution in [2.75, 3.05) is 18.1 Å². The minimum absolute atomic E-state index is 0.694. The van der Waals surface area contributed by atoms with Crippen molar-refractivity contribution < 1.29 is 0 Å². The van der Waals surface area contributed by atoms with Gasteiger partial charge in [-0.2, -0.15) is 11.8 Å². The number of unbranched alkanes of at least 4 members (excludes halogenated alkanes) is 7. The molecule has 0 amide bonds. The smallest absolute Gasteiger partial charge is 0.00297 e. The van der Waals surface area contributed by atoms with E-state index < -0.39 is 0 Å². The topological polar surface area (TPSA) is 26.0 Å². The predicted octanol–water partition coefficient (Wildman–Crippen LogP) is 4.46. The highest BCUT2D eigenvalue weighted by Gasteiger charge is 1.98. The van der Waals surface area contributed by atoms with E-state index in [1.165, 1.54) is 62.9 Å². The molecule has 0 aliphatic rings. The molecule has 2 heteroatoms. The quantitative estimate of drug-likeness (QED) is 0.514.